The summed E-state index contributed by atoms with van der Waals surface area (Å²) in [6.45, 7) is 2.07. The van der Waals surface area contributed by atoms with E-state index in [-0.39, 0.29) is 0 Å². The van der Waals surface area contributed by atoms with Crippen molar-refractivity contribution < 1.29 is 0 Å². The number of hydrogen-bond donors (Lipinski definition) is 0. The molecule has 0 aromatic carbocycles. The molecule has 62 valence electrons. The molecule has 0 saturated heterocycles. The average Bonchev–Trinajstić information content (AvgIpc) is 2.49. The van der Waals surface area contributed by atoms with Crippen LogP contribution in [0, 0.1) is 0 Å². The van der Waals surface area contributed by atoms with Gasteiger partial charge in [0.25, 0.3) is 0 Å². The van der Waals surface area contributed by atoms with Crippen LogP contribution in [0.2, 0.25) is 0 Å². The van der Waals surface area contributed by atoms with Crippen LogP contribution in [-0.4, -0.2) is 14.6 Å². The maximum absolute atomic E-state index is 4.06. The zero-order valence-electron chi connectivity index (χ0n) is 6.66. The second kappa shape index (κ2) is 2.86. The third-order valence-electron chi connectivity index (χ3n) is 1.76. The van der Waals surface area contributed by atoms with Gasteiger partial charge in [-0.1, -0.05) is 13.0 Å². The van der Waals surface area contributed by atoms with Crippen LogP contribution in [0.1, 0.15) is 12.7 Å². The molecular weight excluding hydrogens is 218 g/mol. The summed E-state index contributed by atoms with van der Waals surface area (Å²) < 4.78 is 3.00. The molecule has 0 amide bonds. The standard InChI is InChI=1S/C8H8BrN3/c1-2-7-10-11-8-5-3-4-6(9)12(7)8/h3-5H,2H2,1H3. The highest BCUT2D eigenvalue weighted by atomic mass is 79.9. The lowest BCUT2D eigenvalue weighted by atomic mass is 10.4. The molecule has 2 aromatic rings. The number of rotatable bonds is 1. The summed E-state index contributed by atoms with van der Waals surface area (Å²) >= 11 is 3.45. The second-order valence-electron chi connectivity index (χ2n) is 2.51. The van der Waals surface area contributed by atoms with Crippen LogP contribution >= 0.6 is 15.9 Å². The SMILES string of the molecule is CCc1nnc2cccc(Br)n12. The Balaban J connectivity index is 2.83. The van der Waals surface area contributed by atoms with Crippen molar-refractivity contribution in [3.8, 4) is 0 Å². The van der Waals surface area contributed by atoms with Gasteiger partial charge in [-0.2, -0.15) is 0 Å². The van der Waals surface area contributed by atoms with Gasteiger partial charge in [-0.05, 0) is 28.1 Å². The minimum atomic E-state index is 0.890. The van der Waals surface area contributed by atoms with Crippen molar-refractivity contribution in [3.63, 3.8) is 0 Å². The Kier molecular flexibility index (Phi) is 1.84. The highest BCUT2D eigenvalue weighted by molar-refractivity contribution is 9.10. The number of hydrogen-bond acceptors (Lipinski definition) is 2. The monoisotopic (exact) mass is 225 g/mol. The largest absolute Gasteiger partial charge is 0.273 e. The van der Waals surface area contributed by atoms with Crippen LogP contribution in [0.15, 0.2) is 22.8 Å². The molecule has 2 heterocycles. The van der Waals surface area contributed by atoms with Crippen molar-refractivity contribution in [1.29, 1.82) is 0 Å². The first-order valence-electron chi connectivity index (χ1n) is 3.81. The van der Waals surface area contributed by atoms with E-state index in [1.54, 1.807) is 0 Å². The van der Waals surface area contributed by atoms with E-state index in [0.717, 1.165) is 22.5 Å². The fraction of sp³-hybridized carbons (Fsp3) is 0.250. The van der Waals surface area contributed by atoms with Crippen molar-refractivity contribution in [2.45, 2.75) is 13.3 Å². The van der Waals surface area contributed by atoms with Gasteiger partial charge in [-0.3, -0.25) is 4.40 Å². The van der Waals surface area contributed by atoms with Crippen molar-refractivity contribution in [2.24, 2.45) is 0 Å². The number of aromatic nitrogens is 3. The molecule has 2 aromatic heterocycles. The third kappa shape index (κ3) is 1.03. The van der Waals surface area contributed by atoms with E-state index in [2.05, 4.69) is 33.1 Å². The van der Waals surface area contributed by atoms with Gasteiger partial charge in [0.15, 0.2) is 5.65 Å². The van der Waals surface area contributed by atoms with Crippen LogP contribution in [0.3, 0.4) is 0 Å². The summed E-state index contributed by atoms with van der Waals surface area (Å²) in [5.41, 5.74) is 0.890. The molecule has 0 aliphatic carbocycles. The van der Waals surface area contributed by atoms with Crippen LogP contribution in [0.4, 0.5) is 0 Å². The van der Waals surface area contributed by atoms with Crippen molar-refractivity contribution in [2.75, 3.05) is 0 Å². The van der Waals surface area contributed by atoms with E-state index in [9.17, 15) is 0 Å². The molecule has 3 nitrogen and oxygen atoms in total. The topological polar surface area (TPSA) is 30.2 Å². The first kappa shape index (κ1) is 7.73. The number of halogens is 1. The molecule has 0 atom stereocenters. The van der Waals surface area contributed by atoms with Crippen molar-refractivity contribution in [3.05, 3.63) is 28.6 Å². The molecule has 0 N–H and O–H groups in total. The Bertz CT molecular complexity index is 408. The summed E-state index contributed by atoms with van der Waals surface area (Å²) in [6, 6.07) is 5.87. The van der Waals surface area contributed by atoms with Gasteiger partial charge in [0.05, 0.1) is 4.60 Å². The Hall–Kier alpha value is -0.900. The average molecular weight is 226 g/mol. The molecule has 4 heteroatoms. The van der Waals surface area contributed by atoms with Gasteiger partial charge >= 0.3 is 0 Å². The normalized spacial score (nSPS) is 10.8. The first-order valence-corrected chi connectivity index (χ1v) is 4.60. The molecule has 2 rings (SSSR count). The summed E-state index contributed by atoms with van der Waals surface area (Å²) in [5, 5.41) is 8.09. The highest BCUT2D eigenvalue weighted by Crippen LogP contribution is 2.13. The fourth-order valence-electron chi connectivity index (χ4n) is 1.19. The van der Waals surface area contributed by atoms with E-state index in [4.69, 9.17) is 0 Å². The van der Waals surface area contributed by atoms with E-state index < -0.39 is 0 Å². The number of pyridine rings is 1. The van der Waals surface area contributed by atoms with E-state index in [1.165, 1.54) is 0 Å². The zero-order chi connectivity index (χ0) is 8.55. The molecule has 12 heavy (non-hydrogen) atoms. The summed E-state index contributed by atoms with van der Waals surface area (Å²) in [7, 11) is 0. The second-order valence-corrected chi connectivity index (χ2v) is 3.32. The Labute approximate surface area is 78.6 Å². The lowest BCUT2D eigenvalue weighted by Gasteiger charge is -1.98. The lowest BCUT2D eigenvalue weighted by Crippen LogP contribution is -1.93. The van der Waals surface area contributed by atoms with E-state index in [1.807, 2.05) is 22.6 Å². The van der Waals surface area contributed by atoms with Crippen LogP contribution in [-0.2, 0) is 6.42 Å². The molecule has 0 fully saturated rings. The van der Waals surface area contributed by atoms with Crippen molar-refractivity contribution in [1.82, 2.24) is 14.6 Å². The van der Waals surface area contributed by atoms with Gasteiger partial charge in [0.1, 0.15) is 5.82 Å². The Morgan fingerprint density at radius 2 is 2.25 bits per heavy atom. The van der Waals surface area contributed by atoms with Crippen LogP contribution in [0.25, 0.3) is 5.65 Å². The smallest absolute Gasteiger partial charge is 0.161 e. The van der Waals surface area contributed by atoms with Gasteiger partial charge in [0.2, 0.25) is 0 Å². The Morgan fingerprint density at radius 1 is 1.42 bits per heavy atom. The fourth-order valence-corrected chi connectivity index (χ4v) is 1.73. The molecule has 0 saturated carbocycles. The van der Waals surface area contributed by atoms with Gasteiger partial charge < -0.3 is 0 Å². The number of aryl methyl sites for hydroxylation is 1. The summed E-state index contributed by atoms with van der Waals surface area (Å²) in [6.07, 6.45) is 0.893. The van der Waals surface area contributed by atoms with Crippen LogP contribution in [0.5, 0.6) is 0 Å². The predicted molar refractivity (Wildman–Crippen MR) is 50.1 cm³/mol. The first-order chi connectivity index (χ1) is 5.83. The molecule has 0 aliphatic rings. The zero-order valence-corrected chi connectivity index (χ0v) is 8.24. The quantitative estimate of drug-likeness (QED) is 0.696. The van der Waals surface area contributed by atoms with Gasteiger partial charge in [-0.15, -0.1) is 10.2 Å². The molecular formula is C8H8BrN3. The van der Waals surface area contributed by atoms with Gasteiger partial charge in [0, 0.05) is 6.42 Å². The van der Waals surface area contributed by atoms with Crippen molar-refractivity contribution >= 4 is 21.6 Å². The molecule has 0 spiro atoms. The number of nitrogens with zero attached hydrogens (tertiary/aromatic N) is 3. The highest BCUT2D eigenvalue weighted by Gasteiger charge is 2.04. The third-order valence-corrected chi connectivity index (χ3v) is 2.38. The van der Waals surface area contributed by atoms with Crippen LogP contribution < -0.4 is 0 Å². The molecule has 0 radical (unpaired) electrons. The molecule has 0 aliphatic heterocycles. The number of fused-ring (bicyclic) bond motifs is 1. The van der Waals surface area contributed by atoms with E-state index >= 15 is 0 Å². The minimum Gasteiger partial charge on any atom is -0.273 e. The lowest BCUT2D eigenvalue weighted by molar-refractivity contribution is 0.900. The maximum atomic E-state index is 4.06. The summed E-state index contributed by atoms with van der Waals surface area (Å²) in [5.74, 6) is 0.984. The Morgan fingerprint density at radius 3 is 3.00 bits per heavy atom. The maximum Gasteiger partial charge on any atom is 0.161 e. The van der Waals surface area contributed by atoms with E-state index in [0.29, 0.717) is 0 Å². The minimum absolute atomic E-state index is 0.890. The summed E-state index contributed by atoms with van der Waals surface area (Å²) in [4.78, 5) is 0. The predicted octanol–water partition coefficient (Wildman–Crippen LogP) is 2.05. The molecule has 0 unspecified atom stereocenters. The molecule has 0 bridgehead atoms. The van der Waals surface area contributed by atoms with Gasteiger partial charge in [-0.25, -0.2) is 0 Å².